The van der Waals surface area contributed by atoms with Gasteiger partial charge in [0.05, 0.1) is 13.0 Å². The third kappa shape index (κ3) is 4.98. The van der Waals surface area contributed by atoms with Crippen LogP contribution in [0.15, 0.2) is 24.3 Å². The predicted octanol–water partition coefficient (Wildman–Crippen LogP) is 0.109. The Hall–Kier alpha value is -2.08. The Balaban J connectivity index is 2.30. The van der Waals surface area contributed by atoms with Crippen molar-refractivity contribution >= 4 is 11.9 Å². The van der Waals surface area contributed by atoms with Crippen molar-refractivity contribution in [2.75, 3.05) is 6.61 Å². The minimum atomic E-state index is -0.859. The molecule has 17 heavy (non-hydrogen) atoms. The smallest absolute Gasteiger partial charge is 0.318 e. The van der Waals surface area contributed by atoms with E-state index in [2.05, 4.69) is 0 Å². The summed E-state index contributed by atoms with van der Waals surface area (Å²) in [6, 6.07) is 6.38. The van der Waals surface area contributed by atoms with Crippen molar-refractivity contribution < 1.29 is 14.3 Å². The maximum absolute atomic E-state index is 11.0. The maximum atomic E-state index is 11.0. The van der Waals surface area contributed by atoms with Gasteiger partial charge in [-0.3, -0.25) is 10.1 Å². The number of hydrogen-bond donors (Lipinski definition) is 3. The first-order valence-corrected chi connectivity index (χ1v) is 5.13. The molecule has 0 spiro atoms. The van der Waals surface area contributed by atoms with Crippen molar-refractivity contribution in [2.24, 2.45) is 11.5 Å². The van der Waals surface area contributed by atoms with Crippen molar-refractivity contribution in [3.05, 3.63) is 29.8 Å². The van der Waals surface area contributed by atoms with Gasteiger partial charge in [0.1, 0.15) is 5.75 Å². The standard InChI is InChI=1S/C11H15N3O3/c12-7-8-1-3-9(4-2-8)17-6-5-10(15)14-11(13)16/h1-4H,5-7,12H2,(H3,13,14,15,16). The number of imide groups is 1. The van der Waals surface area contributed by atoms with Crippen molar-refractivity contribution in [3.8, 4) is 5.75 Å². The van der Waals surface area contributed by atoms with Crippen LogP contribution in [0.2, 0.25) is 0 Å². The number of rotatable bonds is 5. The molecule has 0 aliphatic rings. The number of primary amides is 1. The third-order valence-electron chi connectivity index (χ3n) is 2.02. The zero-order valence-electron chi connectivity index (χ0n) is 9.31. The third-order valence-corrected chi connectivity index (χ3v) is 2.02. The number of ether oxygens (including phenoxy) is 1. The first kappa shape index (κ1) is 13.0. The number of carbonyl (C=O) groups excluding carboxylic acids is 2. The summed E-state index contributed by atoms with van der Waals surface area (Å²) >= 11 is 0. The van der Waals surface area contributed by atoms with Gasteiger partial charge >= 0.3 is 6.03 Å². The molecule has 0 aliphatic heterocycles. The Morgan fingerprint density at radius 2 is 1.88 bits per heavy atom. The second kappa shape index (κ2) is 6.49. The molecule has 1 aromatic rings. The summed E-state index contributed by atoms with van der Waals surface area (Å²) in [5.41, 5.74) is 11.2. The van der Waals surface area contributed by atoms with Gasteiger partial charge < -0.3 is 16.2 Å². The first-order valence-electron chi connectivity index (χ1n) is 5.13. The van der Waals surface area contributed by atoms with E-state index in [1.165, 1.54) is 0 Å². The number of benzene rings is 1. The number of hydrogen-bond acceptors (Lipinski definition) is 4. The lowest BCUT2D eigenvalue weighted by Gasteiger charge is -2.06. The number of nitrogens with one attached hydrogen (secondary N) is 1. The van der Waals surface area contributed by atoms with E-state index in [0.29, 0.717) is 12.3 Å². The maximum Gasteiger partial charge on any atom is 0.318 e. The molecule has 92 valence electrons. The Morgan fingerprint density at radius 1 is 1.24 bits per heavy atom. The molecular formula is C11H15N3O3. The molecule has 0 bridgehead atoms. The van der Waals surface area contributed by atoms with Crippen molar-refractivity contribution in [3.63, 3.8) is 0 Å². The Kier molecular flexibility index (Phi) is 4.96. The highest BCUT2D eigenvalue weighted by Gasteiger charge is 2.04. The first-order chi connectivity index (χ1) is 8.11. The highest BCUT2D eigenvalue weighted by molar-refractivity contribution is 5.93. The monoisotopic (exact) mass is 237 g/mol. The number of urea groups is 1. The van der Waals surface area contributed by atoms with Crippen LogP contribution in [0.4, 0.5) is 4.79 Å². The molecule has 3 amide bonds. The molecule has 0 saturated carbocycles. The van der Waals surface area contributed by atoms with Crippen LogP contribution in [0, 0.1) is 0 Å². The van der Waals surface area contributed by atoms with E-state index in [1.54, 1.807) is 12.1 Å². The Labute approximate surface area is 98.9 Å². The zero-order valence-corrected chi connectivity index (χ0v) is 9.31. The summed E-state index contributed by atoms with van der Waals surface area (Å²) in [4.78, 5) is 21.4. The van der Waals surface area contributed by atoms with Crippen molar-refractivity contribution in [2.45, 2.75) is 13.0 Å². The van der Waals surface area contributed by atoms with Crippen LogP contribution in [0.1, 0.15) is 12.0 Å². The van der Waals surface area contributed by atoms with E-state index in [1.807, 2.05) is 17.4 Å². The quantitative estimate of drug-likeness (QED) is 0.675. The topological polar surface area (TPSA) is 107 Å². The molecule has 0 saturated heterocycles. The summed E-state index contributed by atoms with van der Waals surface area (Å²) in [5, 5.41) is 1.95. The minimum Gasteiger partial charge on any atom is -0.493 e. The lowest BCUT2D eigenvalue weighted by molar-refractivity contribution is -0.120. The average Bonchev–Trinajstić information content (AvgIpc) is 2.29. The lowest BCUT2D eigenvalue weighted by atomic mass is 10.2. The fourth-order valence-electron chi connectivity index (χ4n) is 1.18. The Bertz CT molecular complexity index is 389. The van der Waals surface area contributed by atoms with Crippen LogP contribution < -0.4 is 21.5 Å². The van der Waals surface area contributed by atoms with Gasteiger partial charge in [0.2, 0.25) is 5.91 Å². The van der Waals surface area contributed by atoms with E-state index in [0.717, 1.165) is 5.56 Å². The SMILES string of the molecule is NCc1ccc(OCCC(=O)NC(N)=O)cc1. The second-order valence-electron chi connectivity index (χ2n) is 3.36. The van der Waals surface area contributed by atoms with Crippen LogP contribution in [-0.4, -0.2) is 18.5 Å². The second-order valence-corrected chi connectivity index (χ2v) is 3.36. The zero-order chi connectivity index (χ0) is 12.7. The Morgan fingerprint density at radius 3 is 2.41 bits per heavy atom. The molecule has 1 rings (SSSR count). The van der Waals surface area contributed by atoms with Crippen LogP contribution in [0.25, 0.3) is 0 Å². The minimum absolute atomic E-state index is 0.0710. The van der Waals surface area contributed by atoms with Crippen molar-refractivity contribution in [1.82, 2.24) is 5.32 Å². The molecule has 0 aliphatic carbocycles. The summed E-state index contributed by atoms with van der Waals surface area (Å²) in [6.45, 7) is 0.655. The molecule has 5 N–H and O–H groups in total. The normalized spacial score (nSPS) is 9.71. The van der Waals surface area contributed by atoms with E-state index in [-0.39, 0.29) is 13.0 Å². The fourth-order valence-corrected chi connectivity index (χ4v) is 1.18. The molecule has 0 fully saturated rings. The fraction of sp³-hybridized carbons (Fsp3) is 0.273. The molecule has 0 heterocycles. The highest BCUT2D eigenvalue weighted by Crippen LogP contribution is 2.11. The number of amides is 3. The molecule has 0 aromatic heterocycles. The van der Waals surface area contributed by atoms with Gasteiger partial charge in [-0.05, 0) is 17.7 Å². The van der Waals surface area contributed by atoms with Gasteiger partial charge in [0, 0.05) is 6.54 Å². The van der Waals surface area contributed by atoms with Gasteiger partial charge in [0.15, 0.2) is 0 Å². The summed E-state index contributed by atoms with van der Waals surface area (Å²) < 4.78 is 5.30. The van der Waals surface area contributed by atoms with E-state index in [9.17, 15) is 9.59 Å². The summed E-state index contributed by atoms with van der Waals surface area (Å²) in [5.74, 6) is 0.185. The van der Waals surface area contributed by atoms with Gasteiger partial charge in [-0.15, -0.1) is 0 Å². The van der Waals surface area contributed by atoms with Crippen LogP contribution >= 0.6 is 0 Å². The van der Waals surface area contributed by atoms with Gasteiger partial charge in [-0.2, -0.15) is 0 Å². The van der Waals surface area contributed by atoms with E-state index >= 15 is 0 Å². The van der Waals surface area contributed by atoms with Gasteiger partial charge in [0.25, 0.3) is 0 Å². The lowest BCUT2D eigenvalue weighted by Crippen LogP contribution is -2.35. The molecular weight excluding hydrogens is 222 g/mol. The van der Waals surface area contributed by atoms with Crippen LogP contribution in [0.3, 0.4) is 0 Å². The molecule has 0 radical (unpaired) electrons. The average molecular weight is 237 g/mol. The van der Waals surface area contributed by atoms with E-state index in [4.69, 9.17) is 16.2 Å². The van der Waals surface area contributed by atoms with Crippen molar-refractivity contribution in [1.29, 1.82) is 0 Å². The van der Waals surface area contributed by atoms with Gasteiger partial charge in [-0.1, -0.05) is 12.1 Å². The summed E-state index contributed by atoms with van der Waals surface area (Å²) in [6.07, 6.45) is 0.0710. The molecule has 6 nitrogen and oxygen atoms in total. The molecule has 0 unspecified atom stereocenters. The molecule has 6 heteroatoms. The van der Waals surface area contributed by atoms with Gasteiger partial charge in [-0.25, -0.2) is 4.79 Å². The predicted molar refractivity (Wildman–Crippen MR) is 62.2 cm³/mol. The van der Waals surface area contributed by atoms with Crippen LogP contribution in [0.5, 0.6) is 5.75 Å². The van der Waals surface area contributed by atoms with E-state index < -0.39 is 11.9 Å². The number of nitrogens with two attached hydrogens (primary N) is 2. The largest absolute Gasteiger partial charge is 0.493 e. The van der Waals surface area contributed by atoms with Crippen LogP contribution in [-0.2, 0) is 11.3 Å². The molecule has 1 aromatic carbocycles. The number of carbonyl (C=O) groups is 2. The summed E-state index contributed by atoms with van der Waals surface area (Å²) in [7, 11) is 0. The highest BCUT2D eigenvalue weighted by atomic mass is 16.5. The molecule has 0 atom stereocenters.